The molecule has 1 aliphatic rings. The van der Waals surface area contributed by atoms with E-state index in [2.05, 4.69) is 10.6 Å². The van der Waals surface area contributed by atoms with Crippen molar-refractivity contribution in [1.29, 1.82) is 0 Å². The molecule has 0 radical (unpaired) electrons. The van der Waals surface area contributed by atoms with Gasteiger partial charge in [-0.2, -0.15) is 18.1 Å². The summed E-state index contributed by atoms with van der Waals surface area (Å²) in [4.78, 5) is 37.9. The van der Waals surface area contributed by atoms with Crippen molar-refractivity contribution >= 4 is 45.3 Å². The number of thioether (sulfide) groups is 1. The first-order valence-corrected chi connectivity index (χ1v) is 14.9. The van der Waals surface area contributed by atoms with Gasteiger partial charge in [0.25, 0.3) is 0 Å². The number of aliphatic hydroxyl groups is 1. The molecule has 1 saturated carbocycles. The topological polar surface area (TPSA) is 153 Å². The summed E-state index contributed by atoms with van der Waals surface area (Å²) in [7, 11) is -3.71. The first-order chi connectivity index (χ1) is 18.7. The van der Waals surface area contributed by atoms with Crippen LogP contribution in [0.15, 0.2) is 58.3 Å². The van der Waals surface area contributed by atoms with E-state index in [1.165, 1.54) is 23.9 Å². The molecule has 1 aliphatic carbocycles. The van der Waals surface area contributed by atoms with Crippen molar-refractivity contribution in [3.05, 3.63) is 54.1 Å². The third-order valence-corrected chi connectivity index (χ3v) is 9.01. The van der Waals surface area contributed by atoms with Gasteiger partial charge in [-0.15, -0.1) is 11.8 Å². The molecule has 3 rings (SSSR count). The van der Waals surface area contributed by atoms with Crippen LogP contribution in [0.2, 0.25) is 0 Å². The molecule has 10 nitrogen and oxygen atoms in total. The van der Waals surface area contributed by atoms with Crippen LogP contribution in [0, 0.1) is 5.92 Å². The zero-order valence-corrected chi connectivity index (χ0v) is 22.9. The Hall–Kier alpha value is -3.30. The Kier molecular flexibility index (Phi) is 10.1. The fourth-order valence-electron chi connectivity index (χ4n) is 4.36. The summed E-state index contributed by atoms with van der Waals surface area (Å²) in [5, 5.41) is 24.2. The summed E-state index contributed by atoms with van der Waals surface area (Å²) in [6, 6.07) is 7.22. The van der Waals surface area contributed by atoms with Crippen molar-refractivity contribution in [3.8, 4) is 0 Å². The molecular formula is C25H28F3N3O7S2. The Morgan fingerprint density at radius 3 is 2.23 bits per heavy atom. The Morgan fingerprint density at radius 2 is 1.68 bits per heavy atom. The molecule has 0 aliphatic heterocycles. The molecule has 40 heavy (non-hydrogen) atoms. The van der Waals surface area contributed by atoms with Gasteiger partial charge in [0.05, 0.1) is 34.5 Å². The summed E-state index contributed by atoms with van der Waals surface area (Å²) in [6.45, 7) is -0.703. The number of carbonyl (C=O) groups is 3. The highest BCUT2D eigenvalue weighted by Gasteiger charge is 2.35. The molecule has 4 amide bonds. The van der Waals surface area contributed by atoms with Gasteiger partial charge in [-0.1, -0.05) is 0 Å². The number of carboxylic acid groups (broad SMARTS) is 1. The number of anilines is 1. The largest absolute Gasteiger partial charge is 0.464 e. The maximum Gasteiger partial charge on any atom is 0.420 e. The first kappa shape index (κ1) is 31.2. The van der Waals surface area contributed by atoms with Gasteiger partial charge in [0, 0.05) is 10.9 Å². The highest BCUT2D eigenvalue weighted by atomic mass is 32.2. The van der Waals surface area contributed by atoms with E-state index >= 15 is 0 Å². The third kappa shape index (κ3) is 8.11. The quantitative estimate of drug-likeness (QED) is 0.333. The maximum atomic E-state index is 13.0. The minimum atomic E-state index is -4.66. The number of benzene rings is 2. The minimum absolute atomic E-state index is 0.0814. The van der Waals surface area contributed by atoms with Crippen LogP contribution in [0.1, 0.15) is 24.8 Å². The van der Waals surface area contributed by atoms with E-state index < -0.39 is 64.2 Å². The lowest BCUT2D eigenvalue weighted by atomic mass is 9.84. The summed E-state index contributed by atoms with van der Waals surface area (Å²) in [5.74, 6) is -1.58. The molecule has 0 bridgehead atoms. The lowest BCUT2D eigenvalue weighted by Gasteiger charge is -2.34. The monoisotopic (exact) mass is 603 g/mol. The van der Waals surface area contributed by atoms with Crippen LogP contribution in [-0.2, 0) is 20.8 Å². The first-order valence-electron chi connectivity index (χ1n) is 12.0. The second-order valence-corrected chi connectivity index (χ2v) is 12.1. The number of hydrogen-bond donors (Lipinski definition) is 4. The van der Waals surface area contributed by atoms with Crippen LogP contribution >= 0.6 is 11.8 Å². The number of aliphatic hydroxyl groups excluding tert-OH is 1. The molecule has 2 aromatic carbocycles. The van der Waals surface area contributed by atoms with Crippen molar-refractivity contribution in [2.45, 2.75) is 47.4 Å². The lowest BCUT2D eigenvalue weighted by molar-refractivity contribution is -0.137. The summed E-state index contributed by atoms with van der Waals surface area (Å²) in [6.07, 6.45) is -4.61. The molecule has 0 heterocycles. The van der Waals surface area contributed by atoms with E-state index in [4.69, 9.17) is 0 Å². The summed E-state index contributed by atoms with van der Waals surface area (Å²) < 4.78 is 64.4. The average Bonchev–Trinajstić information content (AvgIpc) is 2.88. The Labute approximate surface area is 232 Å². The molecule has 0 unspecified atom stereocenters. The van der Waals surface area contributed by atoms with Crippen LogP contribution in [0.25, 0.3) is 0 Å². The van der Waals surface area contributed by atoms with E-state index in [1.54, 1.807) is 12.1 Å². The standard InChI is InChI=1S/C25H28F3N3O7S2/c1-39-19-8-10-20(11-9-19)40(37,38)14-15-2-7-18(32)12-21(15)30-22(33)13-29-23(34)31(24(35)36)17-5-3-16(4-6-17)25(26,27)28/h3-6,8-11,15,18,21,32H,2,7,12-14H2,1H3,(H,29,34)(H,30,33)(H,35,36)/t15-,18-,21-/m0/s1. The van der Waals surface area contributed by atoms with Gasteiger partial charge in [0.1, 0.15) is 0 Å². The number of sulfone groups is 1. The molecule has 4 N–H and O–H groups in total. The van der Waals surface area contributed by atoms with E-state index in [-0.39, 0.29) is 27.7 Å². The zero-order valence-electron chi connectivity index (χ0n) is 21.2. The number of alkyl halides is 3. The van der Waals surface area contributed by atoms with E-state index in [9.17, 15) is 46.2 Å². The number of hydrogen-bond acceptors (Lipinski definition) is 7. The number of carbonyl (C=O) groups excluding carboxylic acids is 2. The Morgan fingerprint density at radius 1 is 1.05 bits per heavy atom. The van der Waals surface area contributed by atoms with Crippen LogP contribution in [0.5, 0.6) is 0 Å². The second-order valence-electron chi connectivity index (χ2n) is 9.18. The Bertz CT molecular complexity index is 1320. The molecule has 0 saturated heterocycles. The highest BCUT2D eigenvalue weighted by Crippen LogP contribution is 2.31. The van der Waals surface area contributed by atoms with Gasteiger partial charge in [-0.05, 0) is 80.0 Å². The van der Waals surface area contributed by atoms with Crippen molar-refractivity contribution < 1.29 is 46.2 Å². The fraction of sp³-hybridized carbons (Fsp3) is 0.400. The molecule has 0 aromatic heterocycles. The molecule has 2 aromatic rings. The number of urea groups is 1. The van der Waals surface area contributed by atoms with Gasteiger partial charge in [0.2, 0.25) is 5.91 Å². The molecule has 1 fully saturated rings. The lowest BCUT2D eigenvalue weighted by Crippen LogP contribution is -2.51. The number of rotatable bonds is 8. The number of imide groups is 1. The molecular weight excluding hydrogens is 575 g/mol. The predicted molar refractivity (Wildman–Crippen MR) is 141 cm³/mol. The number of halogens is 3. The average molecular weight is 604 g/mol. The highest BCUT2D eigenvalue weighted by molar-refractivity contribution is 7.98. The zero-order chi connectivity index (χ0) is 29.7. The van der Waals surface area contributed by atoms with Crippen LogP contribution in [0.4, 0.5) is 28.4 Å². The van der Waals surface area contributed by atoms with Crippen LogP contribution in [0.3, 0.4) is 0 Å². The van der Waals surface area contributed by atoms with Crippen molar-refractivity contribution in [2.75, 3.05) is 23.5 Å². The molecule has 0 spiro atoms. The van der Waals surface area contributed by atoms with E-state index in [0.717, 1.165) is 17.0 Å². The SMILES string of the molecule is CSc1ccc(S(=O)(=O)C[C@@H]2CC[C@H](O)C[C@@H]2NC(=O)CNC(=O)N(C(=O)O)c2ccc(C(F)(F)F)cc2)cc1. The van der Waals surface area contributed by atoms with Crippen molar-refractivity contribution in [1.82, 2.24) is 10.6 Å². The smallest absolute Gasteiger partial charge is 0.420 e. The summed E-state index contributed by atoms with van der Waals surface area (Å²) >= 11 is 1.46. The Balaban J connectivity index is 1.64. The summed E-state index contributed by atoms with van der Waals surface area (Å²) in [5.41, 5.74) is -1.41. The predicted octanol–water partition coefficient (Wildman–Crippen LogP) is 3.74. The fourth-order valence-corrected chi connectivity index (χ4v) is 6.47. The van der Waals surface area contributed by atoms with Gasteiger partial charge in [0.15, 0.2) is 9.84 Å². The molecule has 15 heteroatoms. The van der Waals surface area contributed by atoms with Crippen molar-refractivity contribution in [3.63, 3.8) is 0 Å². The normalized spacial score (nSPS) is 19.5. The van der Waals surface area contributed by atoms with Gasteiger partial charge in [-0.25, -0.2) is 18.0 Å². The van der Waals surface area contributed by atoms with E-state index in [0.29, 0.717) is 25.0 Å². The van der Waals surface area contributed by atoms with Gasteiger partial charge < -0.3 is 20.8 Å². The van der Waals surface area contributed by atoms with Crippen molar-refractivity contribution in [2.24, 2.45) is 5.92 Å². The van der Waals surface area contributed by atoms with Crippen LogP contribution in [-0.4, -0.2) is 67.4 Å². The van der Waals surface area contributed by atoms with Gasteiger partial charge in [-0.3, -0.25) is 4.79 Å². The number of nitrogens with one attached hydrogen (secondary N) is 2. The number of amides is 4. The second kappa shape index (κ2) is 12.9. The minimum Gasteiger partial charge on any atom is -0.464 e. The van der Waals surface area contributed by atoms with Gasteiger partial charge >= 0.3 is 18.3 Å². The number of nitrogens with zero attached hydrogens (tertiary/aromatic N) is 1. The molecule has 218 valence electrons. The maximum absolute atomic E-state index is 13.0. The molecule has 3 atom stereocenters. The van der Waals surface area contributed by atoms with Crippen LogP contribution < -0.4 is 15.5 Å². The third-order valence-electron chi connectivity index (χ3n) is 6.41. The van der Waals surface area contributed by atoms with E-state index in [1.807, 2.05) is 6.26 Å².